The number of piperazine rings is 1. The summed E-state index contributed by atoms with van der Waals surface area (Å²) in [5, 5.41) is 0. The fourth-order valence-corrected chi connectivity index (χ4v) is 2.69. The average molecular weight is 216 g/mol. The third kappa shape index (κ3) is 1.71. The fraction of sp³-hybridized carbons (Fsp3) is 0.462. The molecular formula is C13H16N2O. The molecule has 3 rings (SSSR count). The van der Waals surface area contributed by atoms with Crippen LogP contribution in [0.4, 0.5) is 0 Å². The summed E-state index contributed by atoms with van der Waals surface area (Å²) in [5.74, 6) is 0.289. The Bertz CT molecular complexity index is 390. The molecule has 2 unspecified atom stereocenters. The van der Waals surface area contributed by atoms with Crippen LogP contribution in [-0.2, 0) is 11.3 Å². The standard InChI is InChI=1S/C13H16N2O/c16-13-10-14-7-6-12(9-14)15(13)8-11-4-2-1-3-5-11/h1-5,12H,6-10H2. The molecule has 2 bridgehead atoms. The van der Waals surface area contributed by atoms with E-state index in [-0.39, 0.29) is 5.91 Å². The minimum absolute atomic E-state index is 0.289. The molecule has 0 saturated carbocycles. The monoisotopic (exact) mass is 216 g/mol. The molecule has 0 aliphatic carbocycles. The first-order valence-corrected chi connectivity index (χ1v) is 5.89. The van der Waals surface area contributed by atoms with E-state index in [0.29, 0.717) is 12.6 Å². The van der Waals surface area contributed by atoms with Gasteiger partial charge in [-0.05, 0) is 12.0 Å². The maximum atomic E-state index is 11.9. The van der Waals surface area contributed by atoms with Gasteiger partial charge in [0.25, 0.3) is 0 Å². The smallest absolute Gasteiger partial charge is 0.237 e. The van der Waals surface area contributed by atoms with Crippen molar-refractivity contribution in [3.05, 3.63) is 35.9 Å². The van der Waals surface area contributed by atoms with Gasteiger partial charge in [-0.25, -0.2) is 0 Å². The van der Waals surface area contributed by atoms with Crippen molar-refractivity contribution in [2.45, 2.75) is 19.0 Å². The van der Waals surface area contributed by atoms with E-state index in [1.54, 1.807) is 0 Å². The summed E-state index contributed by atoms with van der Waals surface area (Å²) in [5.41, 5.74) is 1.23. The third-order valence-corrected chi connectivity index (χ3v) is 3.56. The van der Waals surface area contributed by atoms with Crippen molar-refractivity contribution in [3.63, 3.8) is 0 Å². The highest BCUT2D eigenvalue weighted by atomic mass is 16.2. The van der Waals surface area contributed by atoms with Gasteiger partial charge in [0, 0.05) is 25.7 Å². The van der Waals surface area contributed by atoms with Gasteiger partial charge in [-0.2, -0.15) is 0 Å². The van der Waals surface area contributed by atoms with Crippen molar-refractivity contribution in [3.8, 4) is 0 Å². The minimum Gasteiger partial charge on any atom is -0.333 e. The van der Waals surface area contributed by atoms with Crippen LogP contribution in [0.5, 0.6) is 0 Å². The molecule has 2 fully saturated rings. The first-order chi connectivity index (χ1) is 7.83. The van der Waals surface area contributed by atoms with Crippen LogP contribution in [0.3, 0.4) is 0 Å². The largest absolute Gasteiger partial charge is 0.333 e. The Morgan fingerprint density at radius 3 is 2.88 bits per heavy atom. The SMILES string of the molecule is O=C1CN2CCC(C2)N1Cc1ccccc1. The van der Waals surface area contributed by atoms with E-state index in [2.05, 4.69) is 21.9 Å². The first-order valence-electron chi connectivity index (χ1n) is 5.89. The highest BCUT2D eigenvalue weighted by Gasteiger charge is 2.36. The maximum Gasteiger partial charge on any atom is 0.237 e. The van der Waals surface area contributed by atoms with Gasteiger partial charge in [0.05, 0.1) is 6.54 Å². The number of carbonyl (C=O) groups excluding carboxylic acids is 1. The molecule has 3 nitrogen and oxygen atoms in total. The van der Waals surface area contributed by atoms with Gasteiger partial charge in [-0.1, -0.05) is 30.3 Å². The van der Waals surface area contributed by atoms with Gasteiger partial charge in [0.15, 0.2) is 0 Å². The highest BCUT2D eigenvalue weighted by Crippen LogP contribution is 2.23. The Kier molecular flexibility index (Phi) is 2.40. The Balaban J connectivity index is 1.76. The summed E-state index contributed by atoms with van der Waals surface area (Å²) in [4.78, 5) is 16.3. The van der Waals surface area contributed by atoms with E-state index in [4.69, 9.17) is 0 Å². The summed E-state index contributed by atoms with van der Waals surface area (Å²) in [7, 11) is 0. The normalized spacial score (nSPS) is 28.5. The van der Waals surface area contributed by atoms with Gasteiger partial charge in [-0.3, -0.25) is 9.69 Å². The summed E-state index contributed by atoms with van der Waals surface area (Å²) in [6.07, 6.45) is 1.14. The Hall–Kier alpha value is -1.35. The van der Waals surface area contributed by atoms with Crippen LogP contribution in [-0.4, -0.2) is 41.4 Å². The molecule has 16 heavy (non-hydrogen) atoms. The number of fused-ring (bicyclic) bond motifs is 2. The molecule has 2 saturated heterocycles. The number of hydrogen-bond acceptors (Lipinski definition) is 2. The van der Waals surface area contributed by atoms with Crippen molar-refractivity contribution < 1.29 is 4.79 Å². The molecule has 3 heteroatoms. The van der Waals surface area contributed by atoms with Crippen LogP contribution in [0.1, 0.15) is 12.0 Å². The lowest BCUT2D eigenvalue weighted by Crippen LogP contribution is -2.50. The molecule has 2 aliphatic rings. The van der Waals surface area contributed by atoms with Crippen LogP contribution in [0.2, 0.25) is 0 Å². The Morgan fingerprint density at radius 2 is 2.06 bits per heavy atom. The predicted octanol–water partition coefficient (Wildman–Crippen LogP) is 1.10. The molecule has 2 aliphatic heterocycles. The minimum atomic E-state index is 0.289. The second kappa shape index (κ2) is 3.91. The molecule has 0 aromatic heterocycles. The Labute approximate surface area is 95.7 Å². The highest BCUT2D eigenvalue weighted by molar-refractivity contribution is 5.79. The number of amides is 1. The molecule has 0 radical (unpaired) electrons. The van der Waals surface area contributed by atoms with Crippen molar-refractivity contribution in [1.29, 1.82) is 0 Å². The van der Waals surface area contributed by atoms with Gasteiger partial charge in [0.2, 0.25) is 5.91 Å². The zero-order valence-electron chi connectivity index (χ0n) is 9.30. The third-order valence-electron chi connectivity index (χ3n) is 3.56. The summed E-state index contributed by atoms with van der Waals surface area (Å²) < 4.78 is 0. The van der Waals surface area contributed by atoms with Gasteiger partial charge in [0.1, 0.15) is 0 Å². The summed E-state index contributed by atoms with van der Waals surface area (Å²) in [6.45, 7) is 3.54. The summed E-state index contributed by atoms with van der Waals surface area (Å²) >= 11 is 0. The zero-order chi connectivity index (χ0) is 11.0. The molecule has 0 N–H and O–H groups in total. The van der Waals surface area contributed by atoms with E-state index in [1.165, 1.54) is 5.56 Å². The maximum absolute atomic E-state index is 11.9. The second-order valence-electron chi connectivity index (χ2n) is 4.68. The second-order valence-corrected chi connectivity index (χ2v) is 4.68. The molecule has 1 aromatic rings. The van der Waals surface area contributed by atoms with E-state index in [9.17, 15) is 4.79 Å². The van der Waals surface area contributed by atoms with E-state index in [0.717, 1.165) is 26.1 Å². The van der Waals surface area contributed by atoms with E-state index < -0.39 is 0 Å². The average Bonchev–Trinajstić information content (AvgIpc) is 2.70. The van der Waals surface area contributed by atoms with Gasteiger partial charge < -0.3 is 4.90 Å². The quantitative estimate of drug-likeness (QED) is 0.739. The topological polar surface area (TPSA) is 23.6 Å². The number of nitrogens with zero attached hydrogens (tertiary/aromatic N) is 2. The van der Waals surface area contributed by atoms with Crippen molar-refractivity contribution in [2.24, 2.45) is 0 Å². The Morgan fingerprint density at radius 1 is 1.25 bits per heavy atom. The van der Waals surface area contributed by atoms with Crippen LogP contribution in [0.25, 0.3) is 0 Å². The molecule has 84 valence electrons. The van der Waals surface area contributed by atoms with Gasteiger partial charge in [-0.15, -0.1) is 0 Å². The van der Waals surface area contributed by atoms with E-state index in [1.807, 2.05) is 18.2 Å². The van der Waals surface area contributed by atoms with Crippen LogP contribution >= 0.6 is 0 Å². The molecule has 1 aromatic carbocycles. The lowest BCUT2D eigenvalue weighted by Gasteiger charge is -2.34. The van der Waals surface area contributed by atoms with Crippen molar-refractivity contribution in [2.75, 3.05) is 19.6 Å². The van der Waals surface area contributed by atoms with Crippen LogP contribution < -0.4 is 0 Å². The molecule has 2 heterocycles. The van der Waals surface area contributed by atoms with Crippen molar-refractivity contribution in [1.82, 2.24) is 9.80 Å². The zero-order valence-corrected chi connectivity index (χ0v) is 9.30. The van der Waals surface area contributed by atoms with E-state index >= 15 is 0 Å². The fourth-order valence-electron chi connectivity index (χ4n) is 2.69. The lowest BCUT2D eigenvalue weighted by molar-refractivity contribution is -0.137. The molecule has 1 amide bonds. The molecule has 2 atom stereocenters. The predicted molar refractivity (Wildman–Crippen MR) is 61.8 cm³/mol. The number of hydrogen-bond donors (Lipinski definition) is 0. The number of carbonyl (C=O) groups is 1. The lowest BCUT2D eigenvalue weighted by atomic mass is 10.1. The molecule has 0 spiro atoms. The van der Waals surface area contributed by atoms with Crippen LogP contribution in [0, 0.1) is 0 Å². The number of benzene rings is 1. The first kappa shape index (κ1) is 9.85. The molecular weight excluding hydrogens is 200 g/mol. The van der Waals surface area contributed by atoms with Crippen LogP contribution in [0.15, 0.2) is 30.3 Å². The number of rotatable bonds is 2. The van der Waals surface area contributed by atoms with Crippen molar-refractivity contribution >= 4 is 5.91 Å². The van der Waals surface area contributed by atoms with Gasteiger partial charge >= 0.3 is 0 Å². The summed E-state index contributed by atoms with van der Waals surface area (Å²) in [6, 6.07) is 10.7.